The van der Waals surface area contributed by atoms with Crippen molar-refractivity contribution >= 4 is 33.2 Å². The van der Waals surface area contributed by atoms with E-state index in [-0.39, 0.29) is 16.5 Å². The summed E-state index contributed by atoms with van der Waals surface area (Å²) in [6.07, 6.45) is 0.418. The molecule has 0 spiro atoms. The van der Waals surface area contributed by atoms with Gasteiger partial charge in [-0.25, -0.2) is 8.42 Å². The summed E-state index contributed by atoms with van der Waals surface area (Å²) in [4.78, 5) is 12.7. The number of nitrogens with one attached hydrogen (secondary N) is 1. The Morgan fingerprint density at radius 2 is 1.85 bits per heavy atom. The lowest BCUT2D eigenvalue weighted by atomic mass is 10.1. The highest BCUT2D eigenvalue weighted by molar-refractivity contribution is 7.89. The van der Waals surface area contributed by atoms with Crippen LogP contribution in [-0.4, -0.2) is 38.8 Å². The van der Waals surface area contributed by atoms with Gasteiger partial charge in [0, 0.05) is 12.2 Å². The van der Waals surface area contributed by atoms with Crippen molar-refractivity contribution in [2.45, 2.75) is 11.3 Å². The van der Waals surface area contributed by atoms with E-state index in [4.69, 9.17) is 21.6 Å². The normalized spacial score (nSPS) is 11.1. The minimum atomic E-state index is -4.04. The van der Waals surface area contributed by atoms with Crippen molar-refractivity contribution in [3.05, 3.63) is 88.9 Å². The molecule has 3 aromatic carbocycles. The Balaban J connectivity index is 1.85. The van der Waals surface area contributed by atoms with Crippen LogP contribution < -0.4 is 10.1 Å². The highest BCUT2D eigenvalue weighted by atomic mass is 35.5. The second kappa shape index (κ2) is 11.0. The molecule has 0 heterocycles. The van der Waals surface area contributed by atoms with Gasteiger partial charge >= 0.3 is 0 Å². The van der Waals surface area contributed by atoms with Crippen molar-refractivity contribution in [3.63, 3.8) is 0 Å². The number of hydrogen-bond donors (Lipinski definition) is 1. The van der Waals surface area contributed by atoms with Crippen molar-refractivity contribution < 1.29 is 17.9 Å². The summed E-state index contributed by atoms with van der Waals surface area (Å²) in [6.45, 7) is -0.322. The number of nitrogens with zero attached hydrogens (tertiary/aromatic N) is 2. The Hall–Kier alpha value is -3.38. The van der Waals surface area contributed by atoms with E-state index in [1.165, 1.54) is 31.4 Å². The molecule has 0 bridgehead atoms. The molecule has 0 aliphatic carbocycles. The zero-order valence-corrected chi connectivity index (χ0v) is 19.4. The van der Waals surface area contributed by atoms with E-state index in [2.05, 4.69) is 5.32 Å². The van der Waals surface area contributed by atoms with E-state index in [9.17, 15) is 13.2 Å². The molecule has 9 heteroatoms. The van der Waals surface area contributed by atoms with Gasteiger partial charge in [-0.15, -0.1) is 0 Å². The summed E-state index contributed by atoms with van der Waals surface area (Å²) in [5.74, 6) is -0.178. The Bertz CT molecular complexity index is 1270. The zero-order chi connectivity index (χ0) is 23.8. The molecule has 170 valence electrons. The molecular weight excluding hydrogens is 462 g/mol. The molecule has 0 saturated carbocycles. The Morgan fingerprint density at radius 1 is 1.09 bits per heavy atom. The number of carbonyl (C=O) groups excluding carboxylic acids is 1. The molecule has 0 unspecified atom stereocenters. The molecule has 33 heavy (non-hydrogen) atoms. The molecular formula is C24H22ClN3O4S. The number of methoxy groups -OCH3 is 1. The van der Waals surface area contributed by atoms with Crippen LogP contribution in [-0.2, 0) is 21.2 Å². The molecule has 3 aromatic rings. The summed E-state index contributed by atoms with van der Waals surface area (Å²) in [6, 6.07) is 22.0. The molecule has 0 fully saturated rings. The van der Waals surface area contributed by atoms with Gasteiger partial charge in [-0.05, 0) is 48.4 Å². The number of ether oxygens (including phenoxy) is 1. The second-order valence-electron chi connectivity index (χ2n) is 7.11. The smallest absolute Gasteiger partial charge is 0.243 e. The van der Waals surface area contributed by atoms with Crippen molar-refractivity contribution in [3.8, 4) is 11.8 Å². The molecule has 1 N–H and O–H groups in total. The minimum absolute atomic E-state index is 0.0411. The monoisotopic (exact) mass is 483 g/mol. The fourth-order valence-corrected chi connectivity index (χ4v) is 4.91. The van der Waals surface area contributed by atoms with Gasteiger partial charge in [0.25, 0.3) is 0 Å². The number of sulfonamides is 1. The third kappa shape index (κ3) is 6.33. The van der Waals surface area contributed by atoms with Crippen molar-refractivity contribution in [1.29, 1.82) is 5.26 Å². The Labute approximate surface area is 198 Å². The third-order valence-electron chi connectivity index (χ3n) is 4.85. The van der Waals surface area contributed by atoms with E-state index in [0.29, 0.717) is 23.4 Å². The molecule has 0 aromatic heterocycles. The van der Waals surface area contributed by atoms with Gasteiger partial charge in [0.05, 0.1) is 35.2 Å². The first kappa shape index (κ1) is 24.3. The van der Waals surface area contributed by atoms with Gasteiger partial charge in [0.1, 0.15) is 5.75 Å². The maximum absolute atomic E-state index is 13.4. The topological polar surface area (TPSA) is 99.5 Å². The fourth-order valence-electron chi connectivity index (χ4n) is 3.17. The van der Waals surface area contributed by atoms with E-state index < -0.39 is 22.5 Å². The lowest BCUT2D eigenvalue weighted by Crippen LogP contribution is -2.39. The molecule has 0 aliphatic heterocycles. The average molecular weight is 484 g/mol. The number of amides is 1. The van der Waals surface area contributed by atoms with Gasteiger partial charge in [-0.2, -0.15) is 9.57 Å². The number of halogens is 1. The Kier molecular flexibility index (Phi) is 8.06. The van der Waals surface area contributed by atoms with E-state index >= 15 is 0 Å². The summed E-state index contributed by atoms with van der Waals surface area (Å²) in [5.41, 5.74) is 1.73. The average Bonchev–Trinajstić information content (AvgIpc) is 2.82. The van der Waals surface area contributed by atoms with Crippen LogP contribution in [0.3, 0.4) is 0 Å². The number of anilines is 1. The predicted molar refractivity (Wildman–Crippen MR) is 127 cm³/mol. The number of hydrogen-bond acceptors (Lipinski definition) is 5. The van der Waals surface area contributed by atoms with Crippen LogP contribution in [0.5, 0.6) is 5.75 Å². The highest BCUT2D eigenvalue weighted by Crippen LogP contribution is 2.28. The van der Waals surface area contributed by atoms with Crippen LogP contribution in [0.15, 0.2) is 77.7 Å². The van der Waals surface area contributed by atoms with Crippen molar-refractivity contribution in [2.75, 3.05) is 25.5 Å². The summed E-state index contributed by atoms with van der Waals surface area (Å²) in [5, 5.41) is 11.9. The van der Waals surface area contributed by atoms with E-state index in [1.54, 1.807) is 18.2 Å². The number of benzene rings is 3. The van der Waals surface area contributed by atoms with Gasteiger partial charge in [-0.3, -0.25) is 4.79 Å². The molecule has 0 radical (unpaired) electrons. The second-order valence-corrected chi connectivity index (χ2v) is 9.46. The van der Waals surface area contributed by atoms with Gasteiger partial charge in [-0.1, -0.05) is 48.0 Å². The lowest BCUT2D eigenvalue weighted by molar-refractivity contribution is -0.116. The molecule has 0 atom stereocenters. The van der Waals surface area contributed by atoms with E-state index in [1.807, 2.05) is 36.4 Å². The summed E-state index contributed by atoms with van der Waals surface area (Å²) < 4.78 is 33.0. The largest absolute Gasteiger partial charge is 0.495 e. The first-order chi connectivity index (χ1) is 15.8. The van der Waals surface area contributed by atoms with Crippen LogP contribution in [0, 0.1) is 11.3 Å². The van der Waals surface area contributed by atoms with Crippen molar-refractivity contribution in [2.24, 2.45) is 0 Å². The Morgan fingerprint density at radius 3 is 2.52 bits per heavy atom. The van der Waals surface area contributed by atoms with Crippen LogP contribution in [0.2, 0.25) is 5.02 Å². The molecule has 0 saturated heterocycles. The number of carbonyl (C=O) groups is 1. The van der Waals surface area contributed by atoms with Crippen LogP contribution in [0.4, 0.5) is 5.69 Å². The summed E-state index contributed by atoms with van der Waals surface area (Å²) >= 11 is 6.14. The maximum atomic E-state index is 13.4. The van der Waals surface area contributed by atoms with Crippen LogP contribution in [0.1, 0.15) is 11.1 Å². The molecule has 7 nitrogen and oxygen atoms in total. The van der Waals surface area contributed by atoms with E-state index in [0.717, 1.165) is 9.87 Å². The van der Waals surface area contributed by atoms with Crippen LogP contribution >= 0.6 is 11.6 Å². The lowest BCUT2D eigenvalue weighted by Gasteiger charge is -2.22. The van der Waals surface area contributed by atoms with Crippen molar-refractivity contribution in [1.82, 2.24) is 4.31 Å². The first-order valence-corrected chi connectivity index (χ1v) is 11.8. The SMILES string of the molecule is COc1ccc(S(=O)(=O)N(CCc2ccccc2)CC(=O)Nc2cccc(C#N)c2)cc1Cl. The summed E-state index contributed by atoms with van der Waals surface area (Å²) in [7, 11) is -2.60. The number of nitriles is 1. The molecule has 3 rings (SSSR count). The maximum Gasteiger partial charge on any atom is 0.243 e. The first-order valence-electron chi connectivity index (χ1n) is 10.0. The quantitative estimate of drug-likeness (QED) is 0.494. The highest BCUT2D eigenvalue weighted by Gasteiger charge is 2.27. The minimum Gasteiger partial charge on any atom is -0.495 e. The van der Waals surface area contributed by atoms with Gasteiger partial charge < -0.3 is 10.1 Å². The van der Waals surface area contributed by atoms with Gasteiger partial charge in [0.2, 0.25) is 15.9 Å². The third-order valence-corrected chi connectivity index (χ3v) is 6.99. The standard InChI is InChI=1S/C24H22ClN3O4S/c1-32-23-11-10-21(15-22(23)25)33(30,31)28(13-12-18-6-3-2-4-7-18)17-24(29)27-20-9-5-8-19(14-20)16-26/h2-11,14-15H,12-13,17H2,1H3,(H,27,29). The zero-order valence-electron chi connectivity index (χ0n) is 17.9. The molecule has 1 amide bonds. The fraction of sp³-hybridized carbons (Fsp3) is 0.167. The predicted octanol–water partition coefficient (Wildman–Crippen LogP) is 4.09. The molecule has 0 aliphatic rings. The van der Waals surface area contributed by atoms with Gasteiger partial charge in [0.15, 0.2) is 0 Å². The number of rotatable bonds is 9. The van der Waals surface area contributed by atoms with Crippen LogP contribution in [0.25, 0.3) is 0 Å².